The quantitative estimate of drug-likeness (QED) is 0.521. The van der Waals surface area contributed by atoms with E-state index in [1.54, 1.807) is 32.9 Å². The van der Waals surface area contributed by atoms with Crippen molar-refractivity contribution in [3.8, 4) is 11.5 Å². The summed E-state index contributed by atoms with van der Waals surface area (Å²) in [4.78, 5) is 28.8. The molecular weight excluding hydrogens is 294 g/mol. The van der Waals surface area contributed by atoms with Crippen molar-refractivity contribution < 1.29 is 19.2 Å². The summed E-state index contributed by atoms with van der Waals surface area (Å²) in [5.74, 6) is -0.195. The Balaban J connectivity index is 1.98. The van der Waals surface area contributed by atoms with E-state index >= 15 is 0 Å². The van der Waals surface area contributed by atoms with Crippen LogP contribution in [0.25, 0.3) is 0 Å². The van der Waals surface area contributed by atoms with Gasteiger partial charge in [0.2, 0.25) is 0 Å². The number of hydrogen-bond acceptors (Lipinski definition) is 4. The van der Waals surface area contributed by atoms with Crippen molar-refractivity contribution in [3.05, 3.63) is 60.2 Å². The summed E-state index contributed by atoms with van der Waals surface area (Å²) in [5, 5.41) is 0. The summed E-state index contributed by atoms with van der Waals surface area (Å²) >= 11 is 0. The fourth-order valence-corrected chi connectivity index (χ4v) is 1.68. The van der Waals surface area contributed by atoms with Gasteiger partial charge >= 0.3 is 5.91 Å². The molecule has 0 radical (unpaired) electrons. The van der Waals surface area contributed by atoms with Crippen molar-refractivity contribution in [1.29, 1.82) is 0 Å². The van der Waals surface area contributed by atoms with E-state index in [0.717, 1.165) is 0 Å². The molecule has 2 rings (SSSR count). The van der Waals surface area contributed by atoms with Crippen molar-refractivity contribution in [1.82, 2.24) is 5.48 Å². The number of nitrogens with one attached hydrogen (secondary N) is 1. The number of amides is 1. The second-order valence-electron chi connectivity index (χ2n) is 5.91. The molecular formula is C18H19NO4. The zero-order chi connectivity index (χ0) is 16.9. The number of hydroxylamine groups is 1. The molecule has 0 aliphatic heterocycles. The third-order valence-electron chi connectivity index (χ3n) is 2.75. The Labute approximate surface area is 135 Å². The molecule has 2 aromatic carbocycles. The van der Waals surface area contributed by atoms with E-state index in [4.69, 9.17) is 9.57 Å². The van der Waals surface area contributed by atoms with Crippen LogP contribution >= 0.6 is 0 Å². The van der Waals surface area contributed by atoms with Crippen LogP contribution in [0.15, 0.2) is 54.6 Å². The minimum Gasteiger partial charge on any atom is -0.457 e. The first-order valence-corrected chi connectivity index (χ1v) is 7.21. The van der Waals surface area contributed by atoms with E-state index in [1.807, 2.05) is 30.3 Å². The average Bonchev–Trinajstić information content (AvgIpc) is 2.53. The number of para-hydroxylation sites is 1. The Bertz CT molecular complexity index is 672. The normalized spacial score (nSPS) is 10.9. The monoisotopic (exact) mass is 313 g/mol. The van der Waals surface area contributed by atoms with Gasteiger partial charge in [-0.3, -0.25) is 14.4 Å². The number of Topliss-reactive ketones (excluding diaryl/α,β-unsaturated/α-hetero) is 1. The third kappa shape index (κ3) is 5.23. The molecule has 0 aliphatic carbocycles. The number of benzene rings is 2. The summed E-state index contributed by atoms with van der Waals surface area (Å²) in [6, 6.07) is 15.6. The number of carbonyl (C=O) groups is 2. The molecule has 2 aromatic rings. The molecule has 5 heteroatoms. The molecule has 23 heavy (non-hydrogen) atoms. The highest BCUT2D eigenvalue weighted by Gasteiger charge is 2.19. The maximum atomic E-state index is 12.0. The molecule has 1 N–H and O–H groups in total. The van der Waals surface area contributed by atoms with Gasteiger partial charge in [-0.25, -0.2) is 5.48 Å². The fraction of sp³-hybridized carbons (Fsp3) is 0.222. The summed E-state index contributed by atoms with van der Waals surface area (Å²) in [6.45, 7) is 5.31. The first-order chi connectivity index (χ1) is 10.8. The van der Waals surface area contributed by atoms with Gasteiger partial charge < -0.3 is 4.74 Å². The second kappa shape index (κ2) is 7.07. The fourth-order valence-electron chi connectivity index (χ4n) is 1.68. The van der Waals surface area contributed by atoms with Crippen LogP contribution in [0.2, 0.25) is 0 Å². The Hall–Kier alpha value is -2.66. The van der Waals surface area contributed by atoms with Gasteiger partial charge in [0.15, 0.2) is 0 Å². The molecule has 5 nitrogen and oxygen atoms in total. The van der Waals surface area contributed by atoms with Crippen molar-refractivity contribution in [3.63, 3.8) is 0 Å². The molecule has 1 amide bonds. The van der Waals surface area contributed by atoms with Gasteiger partial charge in [0.05, 0.1) is 5.60 Å². The van der Waals surface area contributed by atoms with Crippen molar-refractivity contribution >= 4 is 11.7 Å². The molecule has 0 saturated carbocycles. The zero-order valence-electron chi connectivity index (χ0n) is 13.3. The van der Waals surface area contributed by atoms with Gasteiger partial charge in [0.1, 0.15) is 11.5 Å². The van der Waals surface area contributed by atoms with E-state index in [-0.39, 0.29) is 5.56 Å². The predicted molar refractivity (Wildman–Crippen MR) is 86.3 cm³/mol. The molecule has 0 unspecified atom stereocenters. The largest absolute Gasteiger partial charge is 0.457 e. The van der Waals surface area contributed by atoms with E-state index in [2.05, 4.69) is 5.48 Å². The van der Waals surface area contributed by atoms with Crippen LogP contribution in [0.3, 0.4) is 0 Å². The maximum absolute atomic E-state index is 12.0. The lowest BCUT2D eigenvalue weighted by molar-refractivity contribution is -0.140. The minimum absolute atomic E-state index is 0.264. The van der Waals surface area contributed by atoms with Crippen LogP contribution in [0, 0.1) is 0 Å². The van der Waals surface area contributed by atoms with Gasteiger partial charge in [0, 0.05) is 5.56 Å². The van der Waals surface area contributed by atoms with Crippen LogP contribution < -0.4 is 10.2 Å². The lowest BCUT2D eigenvalue weighted by Crippen LogP contribution is -2.37. The van der Waals surface area contributed by atoms with Crippen LogP contribution in [0.1, 0.15) is 31.1 Å². The topological polar surface area (TPSA) is 64.6 Å². The Morgan fingerprint density at radius 3 is 2.00 bits per heavy atom. The first-order valence-electron chi connectivity index (χ1n) is 7.21. The maximum Gasteiger partial charge on any atom is 0.315 e. The van der Waals surface area contributed by atoms with Gasteiger partial charge in [-0.05, 0) is 57.2 Å². The number of rotatable bonds is 5. The minimum atomic E-state index is -0.809. The van der Waals surface area contributed by atoms with Gasteiger partial charge in [-0.1, -0.05) is 18.2 Å². The summed E-state index contributed by atoms with van der Waals surface area (Å²) in [5.41, 5.74) is 1.85. The van der Waals surface area contributed by atoms with Crippen molar-refractivity contribution in [2.45, 2.75) is 26.4 Å². The smallest absolute Gasteiger partial charge is 0.315 e. The van der Waals surface area contributed by atoms with Crippen LogP contribution in [-0.2, 0) is 9.63 Å². The number of carbonyl (C=O) groups excluding carboxylic acids is 2. The highest BCUT2D eigenvalue weighted by molar-refractivity contribution is 6.42. The lowest BCUT2D eigenvalue weighted by Gasteiger charge is -2.18. The number of ether oxygens (including phenoxy) is 1. The third-order valence-corrected chi connectivity index (χ3v) is 2.75. The first kappa shape index (κ1) is 16.7. The van der Waals surface area contributed by atoms with E-state index in [9.17, 15) is 9.59 Å². The predicted octanol–water partition coefficient (Wildman–Crippen LogP) is 3.51. The molecule has 0 saturated heterocycles. The lowest BCUT2D eigenvalue weighted by atomic mass is 10.1. The standard InChI is InChI=1S/C18H19NO4/c1-18(2,3)23-19-17(21)16(20)13-9-11-15(12-10-13)22-14-7-5-4-6-8-14/h4-12H,1-3H3,(H,19,21). The highest BCUT2D eigenvalue weighted by Crippen LogP contribution is 2.21. The van der Waals surface area contributed by atoms with E-state index in [1.165, 1.54) is 12.1 Å². The molecule has 0 aromatic heterocycles. The SMILES string of the molecule is CC(C)(C)ONC(=O)C(=O)c1ccc(Oc2ccccc2)cc1. The molecule has 0 bridgehead atoms. The molecule has 0 aliphatic rings. The van der Waals surface area contributed by atoms with Crippen LogP contribution in [-0.4, -0.2) is 17.3 Å². The Kier molecular flexibility index (Phi) is 5.13. The van der Waals surface area contributed by atoms with E-state index in [0.29, 0.717) is 11.5 Å². The summed E-state index contributed by atoms with van der Waals surface area (Å²) in [7, 11) is 0. The molecule has 120 valence electrons. The summed E-state index contributed by atoms with van der Waals surface area (Å²) < 4.78 is 5.63. The second-order valence-corrected chi connectivity index (χ2v) is 5.91. The van der Waals surface area contributed by atoms with Crippen molar-refractivity contribution in [2.75, 3.05) is 0 Å². The van der Waals surface area contributed by atoms with Gasteiger partial charge in [0.25, 0.3) is 5.78 Å². The zero-order valence-corrected chi connectivity index (χ0v) is 13.3. The molecule has 0 spiro atoms. The average molecular weight is 313 g/mol. The Morgan fingerprint density at radius 1 is 0.870 bits per heavy atom. The molecule has 0 heterocycles. The Morgan fingerprint density at radius 2 is 1.43 bits per heavy atom. The molecule has 0 fully saturated rings. The summed E-state index contributed by atoms with van der Waals surface area (Å²) in [6.07, 6.45) is 0. The number of ketones is 1. The van der Waals surface area contributed by atoms with Gasteiger partial charge in [-0.15, -0.1) is 0 Å². The van der Waals surface area contributed by atoms with Gasteiger partial charge in [-0.2, -0.15) is 0 Å². The van der Waals surface area contributed by atoms with E-state index < -0.39 is 17.3 Å². The van der Waals surface area contributed by atoms with Crippen molar-refractivity contribution in [2.24, 2.45) is 0 Å². The molecule has 0 atom stereocenters. The van der Waals surface area contributed by atoms with Crippen LogP contribution in [0.5, 0.6) is 11.5 Å². The number of hydrogen-bond donors (Lipinski definition) is 1. The highest BCUT2D eigenvalue weighted by atomic mass is 16.7. The van der Waals surface area contributed by atoms with Crippen LogP contribution in [0.4, 0.5) is 0 Å².